The summed E-state index contributed by atoms with van der Waals surface area (Å²) in [5.74, 6) is 1.93. The molecule has 0 amide bonds. The van der Waals surface area contributed by atoms with Gasteiger partial charge in [0.2, 0.25) is 0 Å². The minimum absolute atomic E-state index is 0.197. The largest absolute Gasteiger partial charge is 0.525 e. The fourth-order valence-corrected chi connectivity index (χ4v) is 4.18. The third-order valence-corrected chi connectivity index (χ3v) is 6.81. The Morgan fingerprint density at radius 3 is 1.81 bits per heavy atom. The van der Waals surface area contributed by atoms with Crippen molar-refractivity contribution >= 4 is 7.12 Å². The monoisotopic (exact) mass is 294 g/mol. The molecule has 3 fully saturated rings. The van der Waals surface area contributed by atoms with Crippen LogP contribution in [0.25, 0.3) is 0 Å². The van der Waals surface area contributed by atoms with Gasteiger partial charge in [-0.3, -0.25) is 0 Å². The fourth-order valence-electron chi connectivity index (χ4n) is 4.18. The van der Waals surface area contributed by atoms with E-state index >= 15 is 0 Å². The predicted octanol–water partition coefficient (Wildman–Crippen LogP) is 4.54. The summed E-state index contributed by atoms with van der Waals surface area (Å²) in [4.78, 5) is 0. The van der Waals surface area contributed by atoms with Gasteiger partial charge >= 0.3 is 7.12 Å². The zero-order valence-corrected chi connectivity index (χ0v) is 14.4. The van der Waals surface area contributed by atoms with E-state index in [9.17, 15) is 4.39 Å². The summed E-state index contributed by atoms with van der Waals surface area (Å²) in [5.41, 5.74) is 0.177. The molecule has 1 heterocycles. The van der Waals surface area contributed by atoms with Gasteiger partial charge in [0.1, 0.15) is 5.73 Å². The van der Waals surface area contributed by atoms with Crippen molar-refractivity contribution in [2.45, 2.75) is 72.5 Å². The lowest BCUT2D eigenvalue weighted by molar-refractivity contribution is 0.00578. The van der Waals surface area contributed by atoms with Gasteiger partial charge in [-0.2, -0.15) is 0 Å². The van der Waals surface area contributed by atoms with Crippen LogP contribution in [-0.2, 0) is 9.31 Å². The van der Waals surface area contributed by atoms with Gasteiger partial charge in [-0.15, -0.1) is 0 Å². The van der Waals surface area contributed by atoms with Crippen LogP contribution in [0.2, 0.25) is 0 Å². The Labute approximate surface area is 128 Å². The normalized spacial score (nSPS) is 40.0. The van der Waals surface area contributed by atoms with E-state index in [1.165, 1.54) is 0 Å². The van der Waals surface area contributed by atoms with Crippen molar-refractivity contribution < 1.29 is 13.7 Å². The second-order valence-corrected chi connectivity index (χ2v) is 8.82. The Morgan fingerprint density at radius 1 is 0.952 bits per heavy atom. The summed E-state index contributed by atoms with van der Waals surface area (Å²) in [6.45, 7) is 14.4. The van der Waals surface area contributed by atoms with Gasteiger partial charge in [-0.25, -0.2) is 4.39 Å². The van der Waals surface area contributed by atoms with Crippen molar-refractivity contribution in [2.75, 3.05) is 0 Å². The van der Waals surface area contributed by atoms with Crippen LogP contribution in [0, 0.1) is 23.2 Å². The molecule has 21 heavy (non-hydrogen) atoms. The third kappa shape index (κ3) is 2.21. The highest BCUT2D eigenvalue weighted by molar-refractivity contribution is 6.53. The Morgan fingerprint density at radius 2 is 1.38 bits per heavy atom. The summed E-state index contributed by atoms with van der Waals surface area (Å²) in [6, 6.07) is 0. The lowest BCUT2D eigenvalue weighted by atomic mass is 9.79. The molecule has 0 aromatic carbocycles. The number of rotatable bonds is 2. The number of hydrogen-bond acceptors (Lipinski definition) is 2. The predicted molar refractivity (Wildman–Crippen MR) is 83.4 cm³/mol. The lowest BCUT2D eigenvalue weighted by Gasteiger charge is -2.32. The molecule has 118 valence electrons. The maximum Gasteiger partial charge on any atom is 0.525 e. The molecule has 0 bridgehead atoms. The van der Waals surface area contributed by atoms with E-state index in [0.29, 0.717) is 11.3 Å². The zero-order chi connectivity index (χ0) is 15.8. The molecule has 2 nitrogen and oxygen atoms in total. The SMILES string of the molecule is CC(=C(F)B1OC(C)(C)C(C)(C)O1)C1CC2C(C1)C2(C)C. The summed E-state index contributed by atoms with van der Waals surface area (Å²) >= 11 is 0. The van der Waals surface area contributed by atoms with Crippen molar-refractivity contribution in [3.05, 3.63) is 11.3 Å². The molecule has 2 unspecified atom stereocenters. The zero-order valence-electron chi connectivity index (χ0n) is 14.4. The molecular weight excluding hydrogens is 266 g/mol. The second kappa shape index (κ2) is 4.35. The number of fused-ring (bicyclic) bond motifs is 1. The molecule has 3 rings (SSSR count). The first-order chi connectivity index (χ1) is 9.47. The first kappa shape index (κ1) is 15.5. The van der Waals surface area contributed by atoms with Gasteiger partial charge < -0.3 is 9.31 Å². The molecule has 1 saturated heterocycles. The highest BCUT2D eigenvalue weighted by atomic mass is 19.1. The van der Waals surface area contributed by atoms with Crippen LogP contribution in [-0.4, -0.2) is 18.3 Å². The topological polar surface area (TPSA) is 18.5 Å². The van der Waals surface area contributed by atoms with Crippen LogP contribution in [0.1, 0.15) is 61.3 Å². The summed E-state index contributed by atoms with van der Waals surface area (Å²) in [7, 11) is -0.833. The molecule has 1 aliphatic heterocycles. The lowest BCUT2D eigenvalue weighted by Crippen LogP contribution is -2.41. The van der Waals surface area contributed by atoms with Gasteiger partial charge in [0, 0.05) is 0 Å². The van der Waals surface area contributed by atoms with E-state index < -0.39 is 18.3 Å². The third-order valence-electron chi connectivity index (χ3n) is 6.81. The molecular formula is C17H28BFO2. The molecule has 4 heteroatoms. The smallest absolute Gasteiger partial charge is 0.398 e. The molecule has 2 aliphatic carbocycles. The molecule has 0 aromatic heterocycles. The minimum Gasteiger partial charge on any atom is -0.398 e. The van der Waals surface area contributed by atoms with Crippen molar-refractivity contribution in [1.29, 1.82) is 0 Å². The Hall–Kier alpha value is -0.345. The van der Waals surface area contributed by atoms with Crippen molar-refractivity contribution in [3.8, 4) is 0 Å². The van der Waals surface area contributed by atoms with Gasteiger partial charge in [-0.05, 0) is 76.2 Å². The average molecular weight is 294 g/mol. The summed E-state index contributed by atoms with van der Waals surface area (Å²) < 4.78 is 26.5. The van der Waals surface area contributed by atoms with E-state index in [2.05, 4.69) is 13.8 Å². The van der Waals surface area contributed by atoms with Crippen LogP contribution in [0.15, 0.2) is 11.3 Å². The molecule has 2 atom stereocenters. The van der Waals surface area contributed by atoms with Gasteiger partial charge in [0.05, 0.1) is 11.2 Å². The van der Waals surface area contributed by atoms with Gasteiger partial charge in [0.25, 0.3) is 0 Å². The van der Waals surface area contributed by atoms with E-state index in [1.54, 1.807) is 0 Å². The highest BCUT2D eigenvalue weighted by Crippen LogP contribution is 2.69. The number of allylic oxidation sites excluding steroid dienone is 1. The standard InChI is InChI=1S/C17H28BFO2/c1-10(11-8-12-13(9-11)15(12,2)3)14(19)18-20-16(4,5)17(6,7)21-18/h11-13H,8-9H2,1-7H3. The summed E-state index contributed by atoms with van der Waals surface area (Å²) in [6.07, 6.45) is 2.24. The highest BCUT2D eigenvalue weighted by Gasteiger charge is 2.62. The fraction of sp³-hybridized carbons (Fsp3) is 0.882. The van der Waals surface area contributed by atoms with E-state index in [0.717, 1.165) is 30.3 Å². The molecule has 0 N–H and O–H groups in total. The van der Waals surface area contributed by atoms with E-state index in [-0.39, 0.29) is 5.73 Å². The first-order valence-electron chi connectivity index (χ1n) is 8.19. The number of hydrogen-bond donors (Lipinski definition) is 0. The van der Waals surface area contributed by atoms with Crippen molar-refractivity contribution in [1.82, 2.24) is 0 Å². The molecule has 0 spiro atoms. The molecule has 0 aromatic rings. The van der Waals surface area contributed by atoms with E-state index in [4.69, 9.17) is 9.31 Å². The maximum atomic E-state index is 14.8. The molecule has 3 aliphatic rings. The minimum atomic E-state index is -0.833. The van der Waals surface area contributed by atoms with Crippen LogP contribution in [0.4, 0.5) is 4.39 Å². The second-order valence-electron chi connectivity index (χ2n) is 8.82. The van der Waals surface area contributed by atoms with Crippen molar-refractivity contribution in [2.24, 2.45) is 23.2 Å². The summed E-state index contributed by atoms with van der Waals surface area (Å²) in [5, 5.41) is 0. The average Bonchev–Trinajstić information content (AvgIpc) is 2.71. The maximum absolute atomic E-state index is 14.8. The van der Waals surface area contributed by atoms with Crippen molar-refractivity contribution in [3.63, 3.8) is 0 Å². The Bertz CT molecular complexity index is 465. The van der Waals surface area contributed by atoms with Crippen LogP contribution >= 0.6 is 0 Å². The van der Waals surface area contributed by atoms with Gasteiger partial charge in [-0.1, -0.05) is 13.8 Å². The molecule has 2 saturated carbocycles. The van der Waals surface area contributed by atoms with Crippen LogP contribution < -0.4 is 0 Å². The van der Waals surface area contributed by atoms with Gasteiger partial charge in [0.15, 0.2) is 0 Å². The quantitative estimate of drug-likeness (QED) is 0.696. The van der Waals surface area contributed by atoms with Crippen LogP contribution in [0.5, 0.6) is 0 Å². The molecule has 0 radical (unpaired) electrons. The Balaban J connectivity index is 1.72. The van der Waals surface area contributed by atoms with E-state index in [1.807, 2.05) is 34.6 Å². The first-order valence-corrected chi connectivity index (χ1v) is 8.19. The van der Waals surface area contributed by atoms with Crippen LogP contribution in [0.3, 0.4) is 0 Å². The number of halogens is 1. The Kier molecular flexibility index (Phi) is 3.22.